The molecule has 13 heteroatoms. The van der Waals surface area contributed by atoms with E-state index in [0.29, 0.717) is 6.54 Å². The molecule has 280 valence electrons. The summed E-state index contributed by atoms with van der Waals surface area (Å²) in [5.41, 5.74) is -2.82. The fraction of sp³-hybridized carbons (Fsp3) is 0.857. The first-order valence-electron chi connectivity index (χ1n) is 17.1. The molecule has 0 atom stereocenters. The fourth-order valence-corrected chi connectivity index (χ4v) is 4.35. The molecule has 0 fully saturated rings. The second-order valence-electron chi connectivity index (χ2n) is 16.1. The van der Waals surface area contributed by atoms with Crippen molar-refractivity contribution in [3.05, 3.63) is 0 Å². The van der Waals surface area contributed by atoms with Crippen molar-refractivity contribution in [2.75, 3.05) is 65.4 Å². The highest BCUT2D eigenvalue weighted by Gasteiger charge is 2.26. The Hall–Kier alpha value is -2.77. The van der Waals surface area contributed by atoms with E-state index in [0.717, 1.165) is 19.3 Å². The highest BCUT2D eigenvalue weighted by Crippen LogP contribution is 2.12. The van der Waals surface area contributed by atoms with Gasteiger partial charge in [-0.3, -0.25) is 38.7 Å². The first-order valence-corrected chi connectivity index (χ1v) is 17.1. The van der Waals surface area contributed by atoms with Crippen LogP contribution in [0.2, 0.25) is 0 Å². The molecule has 0 saturated carbocycles. The minimum atomic E-state index is -0.711. The molecule has 0 unspecified atom stereocenters. The van der Waals surface area contributed by atoms with Gasteiger partial charge in [0.05, 0.1) is 32.7 Å². The van der Waals surface area contributed by atoms with Crippen LogP contribution >= 0.6 is 0 Å². The third kappa shape index (κ3) is 27.2. The van der Waals surface area contributed by atoms with Crippen LogP contribution in [0.1, 0.15) is 109 Å². The lowest BCUT2D eigenvalue weighted by Gasteiger charge is -2.31. The Kier molecular flexibility index (Phi) is 19.5. The van der Waals surface area contributed by atoms with Gasteiger partial charge in [-0.2, -0.15) is 0 Å². The summed E-state index contributed by atoms with van der Waals surface area (Å²) in [6.45, 7) is 24.3. The standard InChI is InChI=1S/C35H66N4O9/c1-14-15-16-17-36-27(40)22-38(24-29(42)46-33(5,6)7)20-18-37(23-28(41)45-32(2,3)4)19-21-39(25-30(43)47-34(8,9)10)26-31(44)48-35(11,12)13/h14-26H2,1-13H3,(H,36,40). The molecule has 0 aromatic rings. The zero-order valence-corrected chi connectivity index (χ0v) is 32.2. The highest BCUT2D eigenvalue weighted by molar-refractivity contribution is 5.79. The first kappa shape index (κ1) is 45.2. The van der Waals surface area contributed by atoms with Gasteiger partial charge >= 0.3 is 23.9 Å². The molecule has 0 aliphatic heterocycles. The zero-order valence-electron chi connectivity index (χ0n) is 32.2. The molecule has 0 aromatic heterocycles. The van der Waals surface area contributed by atoms with Gasteiger partial charge in [0, 0.05) is 32.7 Å². The quantitative estimate of drug-likeness (QED) is 0.114. The van der Waals surface area contributed by atoms with E-state index in [1.165, 1.54) is 0 Å². The van der Waals surface area contributed by atoms with E-state index in [9.17, 15) is 24.0 Å². The van der Waals surface area contributed by atoms with Crippen LogP contribution in [0.3, 0.4) is 0 Å². The summed E-state index contributed by atoms with van der Waals surface area (Å²) in [6, 6.07) is 0. The molecule has 0 aromatic carbocycles. The van der Waals surface area contributed by atoms with Crippen molar-refractivity contribution in [2.45, 2.75) is 132 Å². The second kappa shape index (κ2) is 20.7. The van der Waals surface area contributed by atoms with Crippen LogP contribution in [-0.4, -0.2) is 132 Å². The van der Waals surface area contributed by atoms with Crippen LogP contribution in [0.5, 0.6) is 0 Å². The summed E-state index contributed by atoms with van der Waals surface area (Å²) < 4.78 is 22.1. The van der Waals surface area contributed by atoms with Crippen LogP contribution in [0, 0.1) is 0 Å². The molecular formula is C35H66N4O9. The van der Waals surface area contributed by atoms with Crippen LogP contribution in [0.25, 0.3) is 0 Å². The number of carbonyl (C=O) groups is 5. The number of nitrogens with one attached hydrogen (secondary N) is 1. The summed E-state index contributed by atoms with van der Waals surface area (Å²) in [5, 5.41) is 2.91. The number of unbranched alkanes of at least 4 members (excludes halogenated alkanes) is 2. The van der Waals surface area contributed by atoms with Crippen molar-refractivity contribution >= 4 is 29.8 Å². The van der Waals surface area contributed by atoms with Gasteiger partial charge in [0.25, 0.3) is 0 Å². The van der Waals surface area contributed by atoms with Crippen LogP contribution in [-0.2, 0) is 42.9 Å². The second-order valence-corrected chi connectivity index (χ2v) is 16.1. The van der Waals surface area contributed by atoms with Gasteiger partial charge in [-0.1, -0.05) is 19.8 Å². The topological polar surface area (TPSA) is 144 Å². The lowest BCUT2D eigenvalue weighted by Crippen LogP contribution is -2.48. The minimum absolute atomic E-state index is 0.0327. The lowest BCUT2D eigenvalue weighted by molar-refractivity contribution is -0.161. The monoisotopic (exact) mass is 686 g/mol. The molecule has 0 radical (unpaired) electrons. The molecule has 13 nitrogen and oxygen atoms in total. The van der Waals surface area contributed by atoms with E-state index in [2.05, 4.69) is 12.2 Å². The molecule has 0 saturated heterocycles. The van der Waals surface area contributed by atoms with Crippen molar-refractivity contribution < 1.29 is 42.9 Å². The summed E-state index contributed by atoms with van der Waals surface area (Å²) in [5.74, 6) is -2.15. The van der Waals surface area contributed by atoms with Gasteiger partial charge in [0.1, 0.15) is 22.4 Å². The average Bonchev–Trinajstić information content (AvgIpc) is 2.83. The van der Waals surface area contributed by atoms with Crippen molar-refractivity contribution in [2.24, 2.45) is 0 Å². The molecule has 0 heterocycles. The third-order valence-corrected chi connectivity index (χ3v) is 6.03. The molecule has 0 aliphatic rings. The largest absolute Gasteiger partial charge is 0.459 e. The Bertz CT molecular complexity index is 991. The third-order valence-electron chi connectivity index (χ3n) is 6.03. The number of esters is 4. The summed E-state index contributed by atoms with van der Waals surface area (Å²) in [6.07, 6.45) is 2.89. The summed E-state index contributed by atoms with van der Waals surface area (Å²) >= 11 is 0. The van der Waals surface area contributed by atoms with Crippen molar-refractivity contribution in [3.8, 4) is 0 Å². The van der Waals surface area contributed by atoms with Gasteiger partial charge in [-0.15, -0.1) is 0 Å². The molecule has 0 bridgehead atoms. The number of carbonyl (C=O) groups excluding carboxylic acids is 5. The van der Waals surface area contributed by atoms with Crippen LogP contribution in [0.15, 0.2) is 0 Å². The Balaban J connectivity index is 6.00. The molecular weight excluding hydrogens is 620 g/mol. The Morgan fingerprint density at radius 3 is 1.06 bits per heavy atom. The molecule has 48 heavy (non-hydrogen) atoms. The van der Waals surface area contributed by atoms with Gasteiger partial charge in [0.15, 0.2) is 0 Å². The van der Waals surface area contributed by atoms with E-state index in [4.69, 9.17) is 18.9 Å². The van der Waals surface area contributed by atoms with E-state index in [-0.39, 0.29) is 64.8 Å². The summed E-state index contributed by atoms with van der Waals surface area (Å²) in [7, 11) is 0. The predicted octanol–water partition coefficient (Wildman–Crippen LogP) is 3.57. The Morgan fingerprint density at radius 1 is 0.458 bits per heavy atom. The number of rotatable bonds is 20. The maximum absolute atomic E-state index is 12.9. The summed E-state index contributed by atoms with van der Waals surface area (Å²) in [4.78, 5) is 69.1. The maximum atomic E-state index is 12.9. The lowest BCUT2D eigenvalue weighted by atomic mass is 10.2. The number of hydrogen-bond donors (Lipinski definition) is 1. The number of nitrogens with zero attached hydrogens (tertiary/aromatic N) is 3. The zero-order chi connectivity index (χ0) is 37.3. The van der Waals surface area contributed by atoms with Gasteiger partial charge < -0.3 is 24.3 Å². The molecule has 0 spiro atoms. The maximum Gasteiger partial charge on any atom is 0.320 e. The van der Waals surface area contributed by atoms with E-state index < -0.39 is 46.3 Å². The first-order chi connectivity index (χ1) is 21.8. The van der Waals surface area contributed by atoms with Crippen molar-refractivity contribution in [3.63, 3.8) is 0 Å². The van der Waals surface area contributed by atoms with Crippen LogP contribution < -0.4 is 5.32 Å². The van der Waals surface area contributed by atoms with Crippen LogP contribution in [0.4, 0.5) is 0 Å². The van der Waals surface area contributed by atoms with E-state index in [1.54, 1.807) is 92.9 Å². The van der Waals surface area contributed by atoms with Crippen molar-refractivity contribution in [1.82, 2.24) is 20.0 Å². The van der Waals surface area contributed by atoms with Gasteiger partial charge in [0.2, 0.25) is 5.91 Å². The Labute approximate surface area is 289 Å². The smallest absolute Gasteiger partial charge is 0.320 e. The predicted molar refractivity (Wildman–Crippen MR) is 185 cm³/mol. The molecule has 0 aliphatic carbocycles. The van der Waals surface area contributed by atoms with Gasteiger partial charge in [-0.25, -0.2) is 0 Å². The number of ether oxygens (including phenoxy) is 4. The number of hydrogen-bond acceptors (Lipinski definition) is 12. The van der Waals surface area contributed by atoms with Gasteiger partial charge in [-0.05, 0) is 89.5 Å². The normalized spacial score (nSPS) is 12.7. The number of amides is 1. The molecule has 0 rings (SSSR count). The highest BCUT2D eigenvalue weighted by atomic mass is 16.6. The minimum Gasteiger partial charge on any atom is -0.459 e. The van der Waals surface area contributed by atoms with E-state index in [1.807, 2.05) is 4.90 Å². The average molecular weight is 687 g/mol. The van der Waals surface area contributed by atoms with Crippen molar-refractivity contribution in [1.29, 1.82) is 0 Å². The van der Waals surface area contributed by atoms with E-state index >= 15 is 0 Å². The SMILES string of the molecule is CCCCCNC(=O)CN(CCN(CCN(CC(=O)OC(C)(C)C)CC(=O)OC(C)(C)C)CC(=O)OC(C)(C)C)CC(=O)OC(C)(C)C. The molecule has 1 N–H and O–H groups in total. The Morgan fingerprint density at radius 2 is 0.750 bits per heavy atom. The molecule has 1 amide bonds. The fourth-order valence-electron chi connectivity index (χ4n) is 4.35.